The van der Waals surface area contributed by atoms with E-state index in [1.54, 1.807) is 13.2 Å². The second-order valence-electron chi connectivity index (χ2n) is 6.53. The molecular formula is C21H27FN6. The minimum Gasteiger partial charge on any atom is -0.370 e. The monoisotopic (exact) mass is 382 g/mol. The number of hydrogen-bond donors (Lipinski definition) is 4. The third-order valence-electron chi connectivity index (χ3n) is 4.51. The molecule has 0 aliphatic heterocycles. The first-order valence-electron chi connectivity index (χ1n) is 9.61. The third-order valence-corrected chi connectivity index (χ3v) is 4.51. The number of fused-ring (bicyclic) bond motifs is 1. The summed E-state index contributed by atoms with van der Waals surface area (Å²) < 4.78 is 13.3. The first-order valence-corrected chi connectivity index (χ1v) is 9.61. The van der Waals surface area contributed by atoms with Crippen molar-refractivity contribution < 1.29 is 4.39 Å². The molecule has 0 fully saturated rings. The van der Waals surface area contributed by atoms with E-state index >= 15 is 0 Å². The molecule has 0 saturated carbocycles. The number of aliphatic imine (C=N–C) groups is 1. The van der Waals surface area contributed by atoms with Crippen molar-refractivity contribution in [2.45, 2.75) is 19.3 Å². The van der Waals surface area contributed by atoms with E-state index in [1.165, 1.54) is 17.7 Å². The van der Waals surface area contributed by atoms with Crippen LogP contribution in [0.15, 0.2) is 53.8 Å². The van der Waals surface area contributed by atoms with Gasteiger partial charge in [-0.3, -0.25) is 4.99 Å². The third kappa shape index (κ3) is 5.70. The average molecular weight is 382 g/mol. The molecular weight excluding hydrogens is 355 g/mol. The number of aromatic nitrogens is 2. The topological polar surface area (TPSA) is 77.1 Å². The van der Waals surface area contributed by atoms with Crippen molar-refractivity contribution in [2.75, 3.05) is 32.0 Å². The predicted octanol–water partition coefficient (Wildman–Crippen LogP) is 3.30. The number of rotatable bonds is 9. The first-order chi connectivity index (χ1) is 13.8. The van der Waals surface area contributed by atoms with Crippen molar-refractivity contribution in [2.24, 2.45) is 4.99 Å². The van der Waals surface area contributed by atoms with Crippen LogP contribution >= 0.6 is 0 Å². The Morgan fingerprint density at radius 3 is 2.79 bits per heavy atom. The van der Waals surface area contributed by atoms with E-state index in [0.717, 1.165) is 61.6 Å². The van der Waals surface area contributed by atoms with Gasteiger partial charge in [-0.2, -0.15) is 0 Å². The van der Waals surface area contributed by atoms with E-state index in [2.05, 4.69) is 30.9 Å². The maximum atomic E-state index is 13.3. The summed E-state index contributed by atoms with van der Waals surface area (Å²) in [4.78, 5) is 11.6. The summed E-state index contributed by atoms with van der Waals surface area (Å²) in [5.41, 5.74) is 2.00. The molecule has 0 spiro atoms. The average Bonchev–Trinajstić information content (AvgIpc) is 3.12. The Hall–Kier alpha value is -3.09. The van der Waals surface area contributed by atoms with Gasteiger partial charge in [-0.05, 0) is 55.2 Å². The molecule has 3 rings (SSSR count). The number of nitrogens with one attached hydrogen (secondary N) is 4. The second-order valence-corrected chi connectivity index (χ2v) is 6.53. The van der Waals surface area contributed by atoms with Gasteiger partial charge < -0.3 is 20.9 Å². The van der Waals surface area contributed by atoms with Gasteiger partial charge in [0.25, 0.3) is 0 Å². The number of anilines is 1. The molecule has 7 heteroatoms. The van der Waals surface area contributed by atoms with E-state index < -0.39 is 0 Å². The van der Waals surface area contributed by atoms with E-state index in [0.29, 0.717) is 0 Å². The van der Waals surface area contributed by atoms with Crippen molar-refractivity contribution in [3.8, 4) is 0 Å². The SMILES string of the molecule is CN=C(NCCCCNc1ccccn1)NCCc1c[nH]c2cc(F)ccc12. The zero-order valence-corrected chi connectivity index (χ0v) is 16.1. The quantitative estimate of drug-likeness (QED) is 0.260. The molecule has 1 aromatic carbocycles. The molecule has 148 valence electrons. The Balaban J connectivity index is 1.32. The number of H-pyrrole nitrogens is 1. The summed E-state index contributed by atoms with van der Waals surface area (Å²) in [6.07, 6.45) is 6.64. The summed E-state index contributed by atoms with van der Waals surface area (Å²) >= 11 is 0. The molecule has 0 aliphatic carbocycles. The van der Waals surface area contributed by atoms with Crippen LogP contribution in [0.3, 0.4) is 0 Å². The van der Waals surface area contributed by atoms with Crippen LogP contribution in [-0.4, -0.2) is 42.6 Å². The molecule has 0 radical (unpaired) electrons. The van der Waals surface area contributed by atoms with Gasteiger partial charge in [0.1, 0.15) is 11.6 Å². The molecule has 2 heterocycles. The predicted molar refractivity (Wildman–Crippen MR) is 113 cm³/mol. The lowest BCUT2D eigenvalue weighted by atomic mass is 10.1. The number of benzene rings is 1. The fourth-order valence-electron chi connectivity index (χ4n) is 3.04. The Morgan fingerprint density at radius 1 is 1.11 bits per heavy atom. The molecule has 0 bridgehead atoms. The molecule has 6 nitrogen and oxygen atoms in total. The van der Waals surface area contributed by atoms with E-state index in [1.807, 2.05) is 30.5 Å². The Labute approximate surface area is 164 Å². The number of halogens is 1. The molecule has 3 aromatic rings. The van der Waals surface area contributed by atoms with E-state index in [9.17, 15) is 4.39 Å². The van der Waals surface area contributed by atoms with Crippen molar-refractivity contribution >= 4 is 22.7 Å². The molecule has 28 heavy (non-hydrogen) atoms. The van der Waals surface area contributed by atoms with Crippen LogP contribution in [0.5, 0.6) is 0 Å². The highest BCUT2D eigenvalue weighted by atomic mass is 19.1. The summed E-state index contributed by atoms with van der Waals surface area (Å²) in [5.74, 6) is 1.48. The zero-order valence-electron chi connectivity index (χ0n) is 16.1. The number of guanidine groups is 1. The van der Waals surface area contributed by atoms with Crippen LogP contribution in [0, 0.1) is 5.82 Å². The zero-order chi connectivity index (χ0) is 19.6. The Kier molecular flexibility index (Phi) is 7.23. The van der Waals surface area contributed by atoms with E-state index in [-0.39, 0.29) is 5.82 Å². The highest BCUT2D eigenvalue weighted by Gasteiger charge is 2.05. The fourth-order valence-corrected chi connectivity index (χ4v) is 3.04. The fraction of sp³-hybridized carbons (Fsp3) is 0.333. The van der Waals surface area contributed by atoms with Gasteiger partial charge >= 0.3 is 0 Å². The lowest BCUT2D eigenvalue weighted by Crippen LogP contribution is -2.38. The molecule has 0 atom stereocenters. The normalized spacial score (nSPS) is 11.6. The van der Waals surface area contributed by atoms with Crippen molar-refractivity contribution in [1.82, 2.24) is 20.6 Å². The van der Waals surface area contributed by atoms with Gasteiger partial charge in [-0.25, -0.2) is 9.37 Å². The second kappa shape index (κ2) is 10.3. The standard InChI is InChI=1S/C21H27FN6/c1-23-21(26-12-5-4-11-25-20-6-2-3-10-24-20)27-13-9-16-15-28-19-14-17(22)7-8-18(16)19/h2-3,6-8,10,14-15,28H,4-5,9,11-13H2,1H3,(H,24,25)(H2,23,26,27). The van der Waals surface area contributed by atoms with E-state index in [4.69, 9.17) is 0 Å². The van der Waals surface area contributed by atoms with Crippen LogP contribution in [-0.2, 0) is 6.42 Å². The number of aromatic amines is 1. The smallest absolute Gasteiger partial charge is 0.190 e. The maximum Gasteiger partial charge on any atom is 0.190 e. The van der Waals surface area contributed by atoms with Crippen LogP contribution in [0.1, 0.15) is 18.4 Å². The minimum atomic E-state index is -0.223. The van der Waals surface area contributed by atoms with Crippen molar-refractivity contribution in [1.29, 1.82) is 0 Å². The summed E-state index contributed by atoms with van der Waals surface area (Å²) in [6.45, 7) is 2.51. The summed E-state index contributed by atoms with van der Waals surface area (Å²) in [6, 6.07) is 10.7. The molecule has 2 aromatic heterocycles. The highest BCUT2D eigenvalue weighted by Crippen LogP contribution is 2.19. The van der Waals surface area contributed by atoms with Gasteiger partial charge in [-0.15, -0.1) is 0 Å². The lowest BCUT2D eigenvalue weighted by Gasteiger charge is -2.12. The largest absolute Gasteiger partial charge is 0.370 e. The number of nitrogens with zero attached hydrogens (tertiary/aromatic N) is 2. The van der Waals surface area contributed by atoms with Crippen LogP contribution < -0.4 is 16.0 Å². The van der Waals surface area contributed by atoms with Gasteiger partial charge in [0, 0.05) is 50.0 Å². The molecule has 0 unspecified atom stereocenters. The summed E-state index contributed by atoms with van der Waals surface area (Å²) in [5, 5.41) is 11.0. The number of pyridine rings is 1. The van der Waals surface area contributed by atoms with Gasteiger partial charge in [0.15, 0.2) is 5.96 Å². The number of hydrogen-bond acceptors (Lipinski definition) is 3. The van der Waals surface area contributed by atoms with Gasteiger partial charge in [0.2, 0.25) is 0 Å². The molecule has 0 amide bonds. The minimum absolute atomic E-state index is 0.223. The lowest BCUT2D eigenvalue weighted by molar-refractivity contribution is 0.629. The first kappa shape index (κ1) is 19.7. The maximum absolute atomic E-state index is 13.3. The van der Waals surface area contributed by atoms with Crippen LogP contribution in [0.4, 0.5) is 10.2 Å². The van der Waals surface area contributed by atoms with Crippen molar-refractivity contribution in [3.05, 3.63) is 60.2 Å². The summed E-state index contributed by atoms with van der Waals surface area (Å²) in [7, 11) is 1.77. The van der Waals surface area contributed by atoms with Gasteiger partial charge in [0.05, 0.1) is 0 Å². The Morgan fingerprint density at radius 2 is 1.96 bits per heavy atom. The van der Waals surface area contributed by atoms with Crippen LogP contribution in [0.2, 0.25) is 0 Å². The molecule has 4 N–H and O–H groups in total. The highest BCUT2D eigenvalue weighted by molar-refractivity contribution is 5.83. The molecule has 0 saturated heterocycles. The number of unbranched alkanes of at least 4 members (excludes halogenated alkanes) is 1. The van der Waals surface area contributed by atoms with Crippen molar-refractivity contribution in [3.63, 3.8) is 0 Å². The van der Waals surface area contributed by atoms with Gasteiger partial charge in [-0.1, -0.05) is 6.07 Å². The van der Waals surface area contributed by atoms with Crippen LogP contribution in [0.25, 0.3) is 10.9 Å². The Bertz CT molecular complexity index is 890. The molecule has 0 aliphatic rings.